The first-order valence-corrected chi connectivity index (χ1v) is 3.96. The molecule has 1 aromatic heterocycles. The van der Waals surface area contributed by atoms with Gasteiger partial charge in [0.05, 0.1) is 5.41 Å². The molecule has 1 saturated carbocycles. The number of amides is 1. The van der Waals surface area contributed by atoms with Crippen LogP contribution in [0, 0.1) is 0 Å². The Morgan fingerprint density at radius 2 is 1.92 bits per heavy atom. The van der Waals surface area contributed by atoms with Gasteiger partial charge in [0.2, 0.25) is 5.91 Å². The predicted octanol–water partition coefficient (Wildman–Crippen LogP) is 1.02. The van der Waals surface area contributed by atoms with Crippen molar-refractivity contribution in [2.75, 3.05) is 0 Å². The van der Waals surface area contributed by atoms with Crippen LogP contribution < -0.4 is 5.73 Å². The Hall–Kier alpha value is -1.09. The van der Waals surface area contributed by atoms with Crippen LogP contribution in [0.25, 0.3) is 0 Å². The largest absolute Gasteiger partial charge is 0.369 e. The second-order valence-electron chi connectivity index (χ2n) is 3.18. The Morgan fingerprint density at radius 3 is 2.31 bits per heavy atom. The fourth-order valence-corrected chi connectivity index (χ4v) is 1.47. The molecule has 0 bridgehead atoms. The van der Waals surface area contributed by atoms with Crippen LogP contribution in [0.4, 0.5) is 0 Å². The van der Waals surface area contributed by atoms with Crippen LogP contribution in [-0.4, -0.2) is 10.9 Å². The fourth-order valence-electron chi connectivity index (χ4n) is 1.47. The first-order valence-electron chi connectivity index (χ1n) is 3.96. The summed E-state index contributed by atoms with van der Waals surface area (Å²) in [5.74, 6) is -0.214. The van der Waals surface area contributed by atoms with Crippen molar-refractivity contribution in [3.05, 3.63) is 30.1 Å². The van der Waals surface area contributed by atoms with Crippen molar-refractivity contribution >= 4 is 18.3 Å². The molecular weight excluding hydrogens is 188 g/mol. The Labute approximate surface area is 82.8 Å². The molecule has 0 unspecified atom stereocenters. The summed E-state index contributed by atoms with van der Waals surface area (Å²) in [6, 6.07) is 3.72. The van der Waals surface area contributed by atoms with Crippen molar-refractivity contribution in [3.8, 4) is 0 Å². The Bertz CT molecular complexity index is 309. The van der Waals surface area contributed by atoms with Gasteiger partial charge in [-0.2, -0.15) is 0 Å². The SMILES string of the molecule is Cl.NC(=O)C1(c2ccncc2)CC1. The van der Waals surface area contributed by atoms with Crippen LogP contribution in [0.2, 0.25) is 0 Å². The quantitative estimate of drug-likeness (QED) is 0.772. The van der Waals surface area contributed by atoms with Crippen LogP contribution in [-0.2, 0) is 10.2 Å². The van der Waals surface area contributed by atoms with Crippen LogP contribution >= 0.6 is 12.4 Å². The zero-order valence-electron chi connectivity index (χ0n) is 7.06. The second kappa shape index (κ2) is 3.34. The number of aromatic nitrogens is 1. The van der Waals surface area contributed by atoms with Crippen molar-refractivity contribution in [1.29, 1.82) is 0 Å². The maximum absolute atomic E-state index is 11.1. The van der Waals surface area contributed by atoms with Crippen molar-refractivity contribution in [2.24, 2.45) is 5.73 Å². The van der Waals surface area contributed by atoms with Gasteiger partial charge in [-0.05, 0) is 30.5 Å². The molecule has 2 rings (SSSR count). The van der Waals surface area contributed by atoms with E-state index >= 15 is 0 Å². The molecule has 70 valence electrons. The number of hydrogen-bond donors (Lipinski definition) is 1. The molecule has 0 saturated heterocycles. The zero-order chi connectivity index (χ0) is 8.60. The van der Waals surface area contributed by atoms with Crippen molar-refractivity contribution in [2.45, 2.75) is 18.3 Å². The fraction of sp³-hybridized carbons (Fsp3) is 0.333. The molecule has 0 aromatic carbocycles. The van der Waals surface area contributed by atoms with Gasteiger partial charge in [0.15, 0.2) is 0 Å². The van der Waals surface area contributed by atoms with Crippen molar-refractivity contribution < 1.29 is 4.79 Å². The monoisotopic (exact) mass is 198 g/mol. The number of carbonyl (C=O) groups is 1. The molecule has 2 N–H and O–H groups in total. The lowest BCUT2D eigenvalue weighted by atomic mass is 9.97. The summed E-state index contributed by atoms with van der Waals surface area (Å²) in [6.45, 7) is 0. The third-order valence-corrected chi connectivity index (χ3v) is 2.45. The van der Waals surface area contributed by atoms with E-state index in [0.29, 0.717) is 0 Å². The number of halogens is 1. The summed E-state index contributed by atoms with van der Waals surface area (Å²) in [4.78, 5) is 15.0. The van der Waals surface area contributed by atoms with Gasteiger partial charge in [-0.3, -0.25) is 9.78 Å². The highest BCUT2D eigenvalue weighted by molar-refractivity contribution is 5.89. The number of rotatable bonds is 2. The normalized spacial score (nSPS) is 17.2. The number of primary amides is 1. The number of nitrogens with zero attached hydrogens (tertiary/aromatic N) is 1. The van der Waals surface area contributed by atoms with E-state index < -0.39 is 0 Å². The Morgan fingerprint density at radius 1 is 1.38 bits per heavy atom. The maximum atomic E-state index is 11.1. The Balaban J connectivity index is 0.000000845. The third kappa shape index (κ3) is 1.52. The first-order chi connectivity index (χ1) is 5.76. The summed E-state index contributed by atoms with van der Waals surface area (Å²) >= 11 is 0. The molecule has 1 aliphatic rings. The molecule has 1 amide bonds. The number of carbonyl (C=O) groups excluding carboxylic acids is 1. The lowest BCUT2D eigenvalue weighted by Gasteiger charge is -2.09. The van der Waals surface area contributed by atoms with Gasteiger partial charge in [-0.1, -0.05) is 0 Å². The summed E-state index contributed by atoms with van der Waals surface area (Å²) in [5.41, 5.74) is 5.95. The smallest absolute Gasteiger partial charge is 0.228 e. The minimum Gasteiger partial charge on any atom is -0.369 e. The van der Waals surface area contributed by atoms with Gasteiger partial charge in [-0.15, -0.1) is 12.4 Å². The van der Waals surface area contributed by atoms with Gasteiger partial charge in [0.1, 0.15) is 0 Å². The topological polar surface area (TPSA) is 56.0 Å². The van der Waals surface area contributed by atoms with Gasteiger partial charge >= 0.3 is 0 Å². The minimum absolute atomic E-state index is 0. The summed E-state index contributed by atoms with van der Waals surface area (Å²) in [5, 5.41) is 0. The number of hydrogen-bond acceptors (Lipinski definition) is 2. The second-order valence-corrected chi connectivity index (χ2v) is 3.18. The van der Waals surface area contributed by atoms with E-state index in [4.69, 9.17) is 5.73 Å². The van der Waals surface area contributed by atoms with Gasteiger partial charge < -0.3 is 5.73 Å². The number of pyridine rings is 1. The van der Waals surface area contributed by atoms with E-state index in [2.05, 4.69) is 4.98 Å². The van der Waals surface area contributed by atoms with E-state index in [1.807, 2.05) is 12.1 Å². The lowest BCUT2D eigenvalue weighted by Crippen LogP contribution is -2.28. The third-order valence-electron chi connectivity index (χ3n) is 2.45. The number of nitrogens with two attached hydrogens (primary N) is 1. The molecule has 1 fully saturated rings. The molecule has 1 aliphatic carbocycles. The molecule has 0 radical (unpaired) electrons. The van der Waals surface area contributed by atoms with Crippen molar-refractivity contribution in [3.63, 3.8) is 0 Å². The molecular formula is C9H11ClN2O. The van der Waals surface area contributed by atoms with E-state index in [1.165, 1.54) is 0 Å². The van der Waals surface area contributed by atoms with Gasteiger partial charge in [-0.25, -0.2) is 0 Å². The molecule has 0 atom stereocenters. The minimum atomic E-state index is -0.358. The molecule has 0 spiro atoms. The van der Waals surface area contributed by atoms with Gasteiger partial charge in [0, 0.05) is 12.4 Å². The predicted molar refractivity (Wildman–Crippen MR) is 51.6 cm³/mol. The first kappa shape index (κ1) is 9.99. The van der Waals surface area contributed by atoms with Crippen LogP contribution in [0.5, 0.6) is 0 Å². The van der Waals surface area contributed by atoms with Gasteiger partial charge in [0.25, 0.3) is 0 Å². The molecule has 1 heterocycles. The molecule has 4 heteroatoms. The highest BCUT2D eigenvalue weighted by atomic mass is 35.5. The Kier molecular flexibility index (Phi) is 2.57. The average molecular weight is 199 g/mol. The molecule has 0 aliphatic heterocycles. The zero-order valence-corrected chi connectivity index (χ0v) is 7.88. The van der Waals surface area contributed by atoms with E-state index in [9.17, 15) is 4.79 Å². The van der Waals surface area contributed by atoms with E-state index in [0.717, 1.165) is 18.4 Å². The van der Waals surface area contributed by atoms with E-state index in [-0.39, 0.29) is 23.7 Å². The maximum Gasteiger partial charge on any atom is 0.228 e. The molecule has 3 nitrogen and oxygen atoms in total. The standard InChI is InChI=1S/C9H10N2O.ClH/c10-8(12)9(3-4-9)7-1-5-11-6-2-7;/h1-2,5-6H,3-4H2,(H2,10,12);1H. The summed E-state index contributed by atoms with van der Waals surface area (Å²) in [7, 11) is 0. The van der Waals surface area contributed by atoms with Crippen LogP contribution in [0.1, 0.15) is 18.4 Å². The molecule has 1 aromatic rings. The van der Waals surface area contributed by atoms with Crippen LogP contribution in [0.15, 0.2) is 24.5 Å². The highest BCUT2D eigenvalue weighted by Gasteiger charge is 2.49. The van der Waals surface area contributed by atoms with E-state index in [1.54, 1.807) is 12.4 Å². The summed E-state index contributed by atoms with van der Waals surface area (Å²) < 4.78 is 0. The summed E-state index contributed by atoms with van der Waals surface area (Å²) in [6.07, 6.45) is 5.15. The molecule has 13 heavy (non-hydrogen) atoms. The van der Waals surface area contributed by atoms with Crippen molar-refractivity contribution in [1.82, 2.24) is 4.98 Å². The van der Waals surface area contributed by atoms with Crippen LogP contribution in [0.3, 0.4) is 0 Å². The highest BCUT2D eigenvalue weighted by Crippen LogP contribution is 2.47. The lowest BCUT2D eigenvalue weighted by molar-refractivity contribution is -0.120. The average Bonchev–Trinajstić information content (AvgIpc) is 2.86.